The number of carbonyl (C=O) groups excluding carboxylic acids is 1. The molecule has 234 valence electrons. The number of hydrogen-bond donors (Lipinski definition) is 1. The summed E-state index contributed by atoms with van der Waals surface area (Å²) >= 11 is 1.22. The van der Waals surface area contributed by atoms with E-state index in [0.717, 1.165) is 45.0 Å². The van der Waals surface area contributed by atoms with Crippen molar-refractivity contribution >= 4 is 28.1 Å². The molecule has 4 aromatic heterocycles. The fraction of sp³-hybridized carbons (Fsp3) is 0.167. The van der Waals surface area contributed by atoms with E-state index in [-0.39, 0.29) is 11.5 Å². The zero-order valence-corrected chi connectivity index (χ0v) is 27.2. The normalized spacial score (nSPS) is 11.3. The number of thiazole rings is 1. The molecular weight excluding hydrogens is 609 g/mol. The maximum Gasteiger partial charge on any atom is 0.277 e. The van der Waals surface area contributed by atoms with E-state index in [2.05, 4.69) is 84.9 Å². The summed E-state index contributed by atoms with van der Waals surface area (Å²) in [5.41, 5.74) is 8.41. The van der Waals surface area contributed by atoms with E-state index < -0.39 is 0 Å². The molecule has 10 nitrogen and oxygen atoms in total. The van der Waals surface area contributed by atoms with E-state index in [1.165, 1.54) is 21.4 Å². The van der Waals surface area contributed by atoms with Crippen LogP contribution in [0.3, 0.4) is 0 Å². The van der Waals surface area contributed by atoms with Crippen LogP contribution in [0.1, 0.15) is 37.9 Å². The first-order valence-electron chi connectivity index (χ1n) is 15.2. The van der Waals surface area contributed by atoms with Crippen molar-refractivity contribution in [2.75, 3.05) is 0 Å². The second-order valence-corrected chi connectivity index (χ2v) is 12.5. The molecule has 0 aliphatic rings. The van der Waals surface area contributed by atoms with Crippen molar-refractivity contribution in [3.05, 3.63) is 135 Å². The van der Waals surface area contributed by atoms with Gasteiger partial charge in [0, 0.05) is 30.2 Å². The predicted octanol–water partition coefficient (Wildman–Crippen LogP) is 6.01. The summed E-state index contributed by atoms with van der Waals surface area (Å²) in [6.45, 7) is 6.41. The molecule has 0 saturated heterocycles. The van der Waals surface area contributed by atoms with Crippen LogP contribution < -0.4 is 10.9 Å². The highest BCUT2D eigenvalue weighted by atomic mass is 32.1. The van der Waals surface area contributed by atoms with Crippen LogP contribution in [0.15, 0.2) is 95.9 Å². The summed E-state index contributed by atoms with van der Waals surface area (Å²) in [6.07, 6.45) is 1.95. The monoisotopic (exact) mass is 640 g/mol. The smallest absolute Gasteiger partial charge is 0.277 e. The maximum absolute atomic E-state index is 13.1. The minimum Gasteiger partial charge on any atom is -0.347 e. The average molecular weight is 641 g/mol. The Morgan fingerprint density at radius 1 is 0.915 bits per heavy atom. The highest BCUT2D eigenvalue weighted by Gasteiger charge is 2.21. The third-order valence-corrected chi connectivity index (χ3v) is 9.51. The molecule has 0 spiro atoms. The van der Waals surface area contributed by atoms with E-state index in [4.69, 9.17) is 0 Å². The zero-order valence-electron chi connectivity index (χ0n) is 26.4. The predicted molar refractivity (Wildman–Crippen MR) is 184 cm³/mol. The minimum absolute atomic E-state index is 0.232. The van der Waals surface area contributed by atoms with Gasteiger partial charge < -0.3 is 9.88 Å². The number of benzene rings is 3. The Kier molecular flexibility index (Phi) is 7.82. The number of nitrogens with zero attached hydrogens (tertiary/aromatic N) is 7. The number of para-hydroxylation sites is 1. The Morgan fingerprint density at radius 2 is 1.66 bits per heavy atom. The molecule has 0 unspecified atom stereocenters. The molecule has 0 aliphatic carbocycles. The molecule has 0 bridgehead atoms. The Balaban J connectivity index is 1.05. The first-order valence-corrected chi connectivity index (χ1v) is 16.0. The van der Waals surface area contributed by atoms with Gasteiger partial charge in [-0.3, -0.25) is 9.59 Å². The summed E-state index contributed by atoms with van der Waals surface area (Å²) in [5.74, 6) is -0.232. The maximum atomic E-state index is 13.1. The Bertz CT molecular complexity index is 2310. The van der Waals surface area contributed by atoms with Crippen LogP contribution in [0.2, 0.25) is 0 Å². The second kappa shape index (κ2) is 12.3. The van der Waals surface area contributed by atoms with E-state index in [0.29, 0.717) is 34.2 Å². The fourth-order valence-electron chi connectivity index (χ4n) is 5.73. The number of aromatic nitrogens is 7. The molecule has 11 heteroatoms. The van der Waals surface area contributed by atoms with Gasteiger partial charge in [-0.1, -0.05) is 65.9 Å². The van der Waals surface area contributed by atoms with Crippen LogP contribution in [-0.2, 0) is 20.1 Å². The molecule has 1 amide bonds. The van der Waals surface area contributed by atoms with Gasteiger partial charge in [-0.25, -0.2) is 14.3 Å². The van der Waals surface area contributed by atoms with Gasteiger partial charge in [-0.05, 0) is 61.7 Å². The van der Waals surface area contributed by atoms with Crippen molar-refractivity contribution in [2.24, 2.45) is 7.05 Å². The van der Waals surface area contributed by atoms with Crippen molar-refractivity contribution in [2.45, 2.75) is 33.9 Å². The van der Waals surface area contributed by atoms with Crippen molar-refractivity contribution in [1.29, 1.82) is 0 Å². The summed E-state index contributed by atoms with van der Waals surface area (Å²) in [7, 11) is 1.62. The third-order valence-electron chi connectivity index (χ3n) is 8.34. The molecule has 0 saturated carbocycles. The van der Waals surface area contributed by atoms with Gasteiger partial charge in [0.25, 0.3) is 11.5 Å². The van der Waals surface area contributed by atoms with Crippen LogP contribution in [0.4, 0.5) is 0 Å². The molecule has 1 N–H and O–H groups in total. The quantitative estimate of drug-likeness (QED) is 0.218. The molecule has 0 fully saturated rings. The fourth-order valence-corrected chi connectivity index (χ4v) is 6.81. The summed E-state index contributed by atoms with van der Waals surface area (Å²) in [5, 5.41) is 17.8. The van der Waals surface area contributed by atoms with Gasteiger partial charge in [0.1, 0.15) is 15.6 Å². The average Bonchev–Trinajstić information content (AvgIpc) is 3.81. The van der Waals surface area contributed by atoms with E-state index in [9.17, 15) is 9.59 Å². The lowest BCUT2D eigenvalue weighted by Gasteiger charge is -2.09. The van der Waals surface area contributed by atoms with Crippen LogP contribution in [0.5, 0.6) is 0 Å². The van der Waals surface area contributed by atoms with Crippen LogP contribution >= 0.6 is 11.3 Å². The number of nitrogens with one attached hydrogen (secondary N) is 1. The number of hydrogen-bond acceptors (Lipinski definition) is 7. The summed E-state index contributed by atoms with van der Waals surface area (Å²) in [4.78, 5) is 31.0. The molecule has 47 heavy (non-hydrogen) atoms. The molecule has 3 aromatic carbocycles. The third kappa shape index (κ3) is 5.77. The van der Waals surface area contributed by atoms with E-state index in [1.54, 1.807) is 18.7 Å². The van der Waals surface area contributed by atoms with Crippen molar-refractivity contribution in [3.8, 4) is 27.5 Å². The van der Waals surface area contributed by atoms with E-state index in [1.807, 2.05) is 50.4 Å². The minimum atomic E-state index is -0.233. The summed E-state index contributed by atoms with van der Waals surface area (Å²) in [6, 6.07) is 28.8. The Labute approximate surface area is 275 Å². The number of fused-ring (bicyclic) bond motifs is 1. The lowest BCUT2D eigenvalue weighted by atomic mass is 10.1. The molecule has 0 aliphatic heterocycles. The number of amides is 1. The van der Waals surface area contributed by atoms with Gasteiger partial charge in [-0.15, -0.1) is 16.4 Å². The molecular formula is C36H32N8O2S. The Hall–Kier alpha value is -5.68. The van der Waals surface area contributed by atoms with Gasteiger partial charge in [0.15, 0.2) is 0 Å². The lowest BCUT2D eigenvalue weighted by Crippen LogP contribution is -2.23. The van der Waals surface area contributed by atoms with Gasteiger partial charge in [-0.2, -0.15) is 5.10 Å². The lowest BCUT2D eigenvalue weighted by molar-refractivity contribution is 0.0954. The van der Waals surface area contributed by atoms with Crippen LogP contribution in [0, 0.1) is 20.8 Å². The number of rotatable bonds is 8. The SMILES string of the molecule is Cc1nc(-c2c(C)c(C)nn(C)c2=O)sc1C(=O)NCc1ccc(-n2cc(Cn3c(-c4ccccc4)cc4ccccc43)nn2)cc1. The van der Waals surface area contributed by atoms with Gasteiger partial charge in [0.05, 0.1) is 35.4 Å². The Morgan fingerprint density at radius 3 is 2.45 bits per heavy atom. The van der Waals surface area contributed by atoms with Crippen molar-refractivity contribution in [3.63, 3.8) is 0 Å². The topological polar surface area (TPSA) is 113 Å². The van der Waals surface area contributed by atoms with Crippen molar-refractivity contribution < 1.29 is 4.79 Å². The van der Waals surface area contributed by atoms with Crippen LogP contribution in [0.25, 0.3) is 38.4 Å². The molecule has 4 heterocycles. The highest BCUT2D eigenvalue weighted by molar-refractivity contribution is 7.17. The van der Waals surface area contributed by atoms with Crippen molar-refractivity contribution in [1.82, 2.24) is 39.6 Å². The first kappa shape index (κ1) is 30.0. The van der Waals surface area contributed by atoms with E-state index >= 15 is 0 Å². The standard InChI is InChI=1S/C36H32N8O2S/c1-22-23(2)40-42(4)36(46)32(22)35-38-24(3)33(47-35)34(45)37-19-25-14-16-29(17-15-25)44-21-28(39-41-44)20-43-30-13-9-8-12-27(30)18-31(43)26-10-6-5-7-11-26/h5-18,21H,19-20H2,1-4H3,(H,37,45). The summed E-state index contributed by atoms with van der Waals surface area (Å²) < 4.78 is 5.35. The molecule has 0 atom stereocenters. The van der Waals surface area contributed by atoms with Crippen LogP contribution in [-0.4, -0.2) is 40.2 Å². The number of carbonyl (C=O) groups is 1. The highest BCUT2D eigenvalue weighted by Crippen LogP contribution is 2.30. The second-order valence-electron chi connectivity index (χ2n) is 11.5. The molecule has 0 radical (unpaired) electrons. The zero-order chi connectivity index (χ0) is 32.7. The first-order chi connectivity index (χ1) is 22.8. The number of aryl methyl sites for hydroxylation is 3. The largest absolute Gasteiger partial charge is 0.347 e. The molecule has 7 aromatic rings. The van der Waals surface area contributed by atoms with Gasteiger partial charge >= 0.3 is 0 Å². The van der Waals surface area contributed by atoms with Gasteiger partial charge in [0.2, 0.25) is 0 Å². The molecule has 7 rings (SSSR count).